The van der Waals surface area contributed by atoms with Gasteiger partial charge in [-0.3, -0.25) is 9.59 Å². The molecule has 0 radical (unpaired) electrons. The lowest BCUT2D eigenvalue weighted by Gasteiger charge is -2.19. The third kappa shape index (κ3) is 4.73. The maximum atomic E-state index is 12.3. The standard InChI is InChI=1S/C21H23N3O3/c1-14(23-24-21(27)17-10-4-5-12-19(17)25)13-20(26)22-18-11-6-8-15-7-2-3-9-16(15)18/h4-6,8,10-12,25H,2-3,7,9,13H2,1H3,(H,22,26)(H,24,27)/b23-14-. The molecule has 0 atom stereocenters. The van der Waals surface area contributed by atoms with Crippen LogP contribution in [0.2, 0.25) is 0 Å². The Hall–Kier alpha value is -3.15. The molecule has 2 aromatic carbocycles. The first-order chi connectivity index (χ1) is 13.0. The Balaban J connectivity index is 1.59. The Labute approximate surface area is 158 Å². The molecule has 0 fully saturated rings. The van der Waals surface area contributed by atoms with E-state index in [0.717, 1.165) is 24.9 Å². The Morgan fingerprint density at radius 3 is 2.67 bits per heavy atom. The first-order valence-electron chi connectivity index (χ1n) is 9.06. The van der Waals surface area contributed by atoms with Gasteiger partial charge in [0.05, 0.1) is 12.0 Å². The summed E-state index contributed by atoms with van der Waals surface area (Å²) in [6.45, 7) is 1.67. The predicted molar refractivity (Wildman–Crippen MR) is 105 cm³/mol. The van der Waals surface area contributed by atoms with Gasteiger partial charge in [-0.2, -0.15) is 5.10 Å². The van der Waals surface area contributed by atoms with Crippen molar-refractivity contribution in [3.63, 3.8) is 0 Å². The fourth-order valence-electron chi connectivity index (χ4n) is 3.24. The number of amides is 2. The van der Waals surface area contributed by atoms with E-state index in [-0.39, 0.29) is 23.6 Å². The highest BCUT2D eigenvalue weighted by atomic mass is 16.3. The van der Waals surface area contributed by atoms with Gasteiger partial charge in [0.25, 0.3) is 5.91 Å². The second-order valence-corrected chi connectivity index (χ2v) is 6.68. The largest absolute Gasteiger partial charge is 0.507 e. The van der Waals surface area contributed by atoms with Crippen molar-refractivity contribution in [1.29, 1.82) is 0 Å². The van der Waals surface area contributed by atoms with E-state index in [9.17, 15) is 14.7 Å². The Morgan fingerprint density at radius 1 is 1.07 bits per heavy atom. The highest BCUT2D eigenvalue weighted by Crippen LogP contribution is 2.27. The number of carbonyl (C=O) groups excluding carboxylic acids is 2. The molecule has 1 aliphatic rings. The van der Waals surface area contributed by atoms with E-state index >= 15 is 0 Å². The molecule has 1 aliphatic carbocycles. The minimum absolute atomic E-state index is 0.0741. The number of rotatable bonds is 5. The summed E-state index contributed by atoms with van der Waals surface area (Å²) < 4.78 is 0. The van der Waals surface area contributed by atoms with Gasteiger partial charge in [0.2, 0.25) is 5.91 Å². The number of fused-ring (bicyclic) bond motifs is 1. The number of hydrazone groups is 1. The topological polar surface area (TPSA) is 90.8 Å². The first-order valence-corrected chi connectivity index (χ1v) is 9.06. The number of nitrogens with one attached hydrogen (secondary N) is 2. The monoisotopic (exact) mass is 365 g/mol. The maximum absolute atomic E-state index is 12.3. The third-order valence-corrected chi connectivity index (χ3v) is 4.58. The normalized spacial score (nSPS) is 13.6. The average Bonchev–Trinajstić information content (AvgIpc) is 2.67. The van der Waals surface area contributed by atoms with Gasteiger partial charge in [-0.05, 0) is 61.9 Å². The average molecular weight is 365 g/mol. The molecule has 6 heteroatoms. The zero-order valence-corrected chi connectivity index (χ0v) is 15.3. The number of hydrogen-bond donors (Lipinski definition) is 3. The van der Waals surface area contributed by atoms with E-state index in [0.29, 0.717) is 5.71 Å². The van der Waals surface area contributed by atoms with Gasteiger partial charge in [0.15, 0.2) is 0 Å². The number of aryl methyl sites for hydroxylation is 1. The van der Waals surface area contributed by atoms with E-state index in [4.69, 9.17) is 0 Å². The molecule has 0 saturated carbocycles. The van der Waals surface area contributed by atoms with Crippen LogP contribution in [0.1, 0.15) is 47.7 Å². The van der Waals surface area contributed by atoms with Crippen molar-refractivity contribution in [2.45, 2.75) is 39.0 Å². The maximum Gasteiger partial charge on any atom is 0.275 e. The fraction of sp³-hybridized carbons (Fsp3) is 0.286. The first kappa shape index (κ1) is 18.6. The number of benzene rings is 2. The van der Waals surface area contributed by atoms with E-state index in [2.05, 4.69) is 21.9 Å². The van der Waals surface area contributed by atoms with Crippen LogP contribution < -0.4 is 10.7 Å². The molecule has 0 heterocycles. The second kappa shape index (κ2) is 8.49. The number of phenolic OH excluding ortho intramolecular Hbond substituents is 1. The second-order valence-electron chi connectivity index (χ2n) is 6.68. The summed E-state index contributed by atoms with van der Waals surface area (Å²) in [6, 6.07) is 12.2. The number of carbonyl (C=O) groups is 2. The Bertz CT molecular complexity index is 890. The molecule has 2 amide bonds. The molecular weight excluding hydrogens is 342 g/mol. The van der Waals surface area contributed by atoms with E-state index in [1.807, 2.05) is 12.1 Å². The number of nitrogens with zero attached hydrogens (tertiary/aromatic N) is 1. The highest BCUT2D eigenvalue weighted by Gasteiger charge is 2.15. The van der Waals surface area contributed by atoms with Gasteiger partial charge < -0.3 is 10.4 Å². The van der Waals surface area contributed by atoms with Crippen molar-refractivity contribution in [2.24, 2.45) is 5.10 Å². The quantitative estimate of drug-likeness (QED) is 0.560. The number of aromatic hydroxyl groups is 1. The van der Waals surface area contributed by atoms with E-state index in [1.165, 1.54) is 29.7 Å². The van der Waals surface area contributed by atoms with Crippen molar-refractivity contribution in [3.8, 4) is 5.75 Å². The minimum Gasteiger partial charge on any atom is -0.507 e. The van der Waals surface area contributed by atoms with E-state index < -0.39 is 5.91 Å². The number of para-hydroxylation sites is 1. The van der Waals surface area contributed by atoms with Crippen LogP contribution in [-0.2, 0) is 17.6 Å². The molecular formula is C21H23N3O3. The van der Waals surface area contributed by atoms with Crippen LogP contribution in [-0.4, -0.2) is 22.6 Å². The molecule has 6 nitrogen and oxygen atoms in total. The highest BCUT2D eigenvalue weighted by molar-refractivity contribution is 6.06. The molecule has 140 valence electrons. The van der Waals surface area contributed by atoms with Crippen molar-refractivity contribution in [2.75, 3.05) is 5.32 Å². The van der Waals surface area contributed by atoms with Crippen molar-refractivity contribution >= 4 is 23.2 Å². The molecule has 0 aliphatic heterocycles. The van der Waals surface area contributed by atoms with Gasteiger partial charge >= 0.3 is 0 Å². The van der Waals surface area contributed by atoms with Crippen molar-refractivity contribution < 1.29 is 14.7 Å². The van der Waals surface area contributed by atoms with Crippen LogP contribution in [0.3, 0.4) is 0 Å². The lowest BCUT2D eigenvalue weighted by molar-refractivity contribution is -0.115. The van der Waals surface area contributed by atoms with Crippen LogP contribution in [0.4, 0.5) is 5.69 Å². The molecule has 27 heavy (non-hydrogen) atoms. The smallest absolute Gasteiger partial charge is 0.275 e. The molecule has 0 bridgehead atoms. The van der Waals surface area contributed by atoms with Crippen molar-refractivity contribution in [3.05, 3.63) is 59.2 Å². The number of phenols is 1. The third-order valence-electron chi connectivity index (χ3n) is 4.58. The van der Waals surface area contributed by atoms with Gasteiger partial charge in [0.1, 0.15) is 5.75 Å². The summed E-state index contributed by atoms with van der Waals surface area (Å²) in [6.07, 6.45) is 4.43. The van der Waals surface area contributed by atoms with Crippen LogP contribution in [0, 0.1) is 0 Å². The lowest BCUT2D eigenvalue weighted by Crippen LogP contribution is -2.22. The zero-order valence-electron chi connectivity index (χ0n) is 15.3. The van der Waals surface area contributed by atoms with Gasteiger partial charge in [-0.25, -0.2) is 5.43 Å². The van der Waals surface area contributed by atoms with Crippen LogP contribution in [0.25, 0.3) is 0 Å². The summed E-state index contributed by atoms with van der Waals surface area (Å²) in [5.74, 6) is -0.813. The van der Waals surface area contributed by atoms with Gasteiger partial charge in [0, 0.05) is 11.4 Å². The van der Waals surface area contributed by atoms with Crippen LogP contribution in [0.5, 0.6) is 5.75 Å². The van der Waals surface area contributed by atoms with Gasteiger partial charge in [-0.1, -0.05) is 24.3 Å². The molecule has 0 aromatic heterocycles. The summed E-state index contributed by atoms with van der Waals surface area (Å²) in [5, 5.41) is 16.6. The molecule has 3 N–H and O–H groups in total. The lowest BCUT2D eigenvalue weighted by atomic mass is 9.90. The van der Waals surface area contributed by atoms with Crippen molar-refractivity contribution in [1.82, 2.24) is 5.43 Å². The summed E-state index contributed by atoms with van der Waals surface area (Å²) in [4.78, 5) is 24.4. The SMILES string of the molecule is C/C(CC(=O)Nc1cccc2c1CCCC2)=N/NC(=O)c1ccccc1O. The number of anilines is 1. The van der Waals surface area contributed by atoms with Gasteiger partial charge in [-0.15, -0.1) is 0 Å². The molecule has 0 saturated heterocycles. The van der Waals surface area contributed by atoms with Crippen LogP contribution >= 0.6 is 0 Å². The minimum atomic E-state index is -0.523. The van der Waals surface area contributed by atoms with E-state index in [1.54, 1.807) is 19.1 Å². The Kier molecular flexibility index (Phi) is 5.86. The number of hydrogen-bond acceptors (Lipinski definition) is 4. The molecule has 3 rings (SSSR count). The predicted octanol–water partition coefficient (Wildman–Crippen LogP) is 3.41. The van der Waals surface area contributed by atoms with Crippen LogP contribution in [0.15, 0.2) is 47.6 Å². The molecule has 2 aromatic rings. The fourth-order valence-corrected chi connectivity index (χ4v) is 3.24. The zero-order chi connectivity index (χ0) is 19.2. The summed E-state index contributed by atoms with van der Waals surface area (Å²) in [5.41, 5.74) is 6.37. The summed E-state index contributed by atoms with van der Waals surface area (Å²) >= 11 is 0. The summed E-state index contributed by atoms with van der Waals surface area (Å²) in [7, 11) is 0. The Morgan fingerprint density at radius 2 is 1.85 bits per heavy atom. The molecule has 0 unspecified atom stereocenters. The molecule has 0 spiro atoms.